The lowest BCUT2D eigenvalue weighted by molar-refractivity contribution is -0.140. The first-order chi connectivity index (χ1) is 19.1. The minimum Gasteiger partial charge on any atom is -0.495 e. The maximum atomic E-state index is 14.8. The normalized spacial score (nSPS) is 19.7. The molecule has 5 rings (SSSR count). The van der Waals surface area contributed by atoms with Gasteiger partial charge in [0.25, 0.3) is 5.91 Å². The molecule has 3 aliphatic rings. The van der Waals surface area contributed by atoms with Crippen LogP contribution in [0, 0.1) is 0 Å². The van der Waals surface area contributed by atoms with Crippen molar-refractivity contribution in [3.8, 4) is 5.75 Å². The van der Waals surface area contributed by atoms with Gasteiger partial charge in [-0.15, -0.1) is 0 Å². The van der Waals surface area contributed by atoms with E-state index in [4.69, 9.17) is 10.5 Å². The number of likely N-dealkylation sites (tertiary alicyclic amines) is 1. The van der Waals surface area contributed by atoms with Crippen LogP contribution in [0.2, 0.25) is 0 Å². The van der Waals surface area contributed by atoms with Crippen molar-refractivity contribution in [2.24, 2.45) is 5.73 Å². The molecule has 1 saturated carbocycles. The van der Waals surface area contributed by atoms with Crippen LogP contribution in [0.1, 0.15) is 61.7 Å². The van der Waals surface area contributed by atoms with Crippen molar-refractivity contribution >= 4 is 35.0 Å². The van der Waals surface area contributed by atoms with Gasteiger partial charge in [-0.25, -0.2) is 4.98 Å². The molecular weight excluding hydrogens is 520 g/mol. The Balaban J connectivity index is 0.000000461. The zero-order valence-corrected chi connectivity index (χ0v) is 23.5. The van der Waals surface area contributed by atoms with Crippen LogP contribution >= 0.6 is 0 Å². The number of halogens is 2. The predicted molar refractivity (Wildman–Crippen MR) is 151 cm³/mol. The Morgan fingerprint density at radius 2 is 1.77 bits per heavy atom. The molecule has 0 bridgehead atoms. The number of piperidine rings is 1. The second-order valence-electron chi connectivity index (χ2n) is 10.7. The molecule has 2 fully saturated rings. The van der Waals surface area contributed by atoms with Gasteiger partial charge in [-0.2, -0.15) is 13.8 Å². The van der Waals surface area contributed by atoms with E-state index in [1.54, 1.807) is 11.0 Å². The van der Waals surface area contributed by atoms with Gasteiger partial charge < -0.3 is 30.5 Å². The number of nitrogens with one attached hydrogen (secondary N) is 1. The third-order valence-electron chi connectivity index (χ3n) is 7.70. The highest BCUT2D eigenvalue weighted by Crippen LogP contribution is 2.39. The van der Waals surface area contributed by atoms with Crippen molar-refractivity contribution in [1.29, 1.82) is 0 Å². The van der Waals surface area contributed by atoms with E-state index in [-0.39, 0.29) is 29.1 Å². The fourth-order valence-corrected chi connectivity index (χ4v) is 5.40. The molecule has 2 aromatic rings. The highest BCUT2D eigenvalue weighted by Gasteiger charge is 2.48. The Morgan fingerprint density at radius 1 is 1.10 bits per heavy atom. The summed E-state index contributed by atoms with van der Waals surface area (Å²) < 4.78 is 34.9. The summed E-state index contributed by atoms with van der Waals surface area (Å²) in [5, 5.41) is 3.01. The number of nitrogens with two attached hydrogens (primary N) is 1. The lowest BCUT2D eigenvalue weighted by atomic mass is 9.94. The Morgan fingerprint density at radius 3 is 2.38 bits per heavy atom. The lowest BCUT2D eigenvalue weighted by Gasteiger charge is -2.35. The van der Waals surface area contributed by atoms with E-state index < -0.39 is 24.3 Å². The van der Waals surface area contributed by atoms with Crippen LogP contribution in [-0.4, -0.2) is 79.5 Å². The zero-order chi connectivity index (χ0) is 28.9. The van der Waals surface area contributed by atoms with Gasteiger partial charge in [-0.1, -0.05) is 25.7 Å². The zero-order valence-electron chi connectivity index (χ0n) is 23.5. The second-order valence-corrected chi connectivity index (χ2v) is 10.7. The Kier molecular flexibility index (Phi) is 9.39. The van der Waals surface area contributed by atoms with Crippen molar-refractivity contribution in [3.63, 3.8) is 0 Å². The Labute approximate surface area is 233 Å². The molecule has 0 unspecified atom stereocenters. The lowest BCUT2D eigenvalue weighted by Crippen LogP contribution is -2.49. The van der Waals surface area contributed by atoms with E-state index in [0.717, 1.165) is 37.0 Å². The van der Waals surface area contributed by atoms with Crippen LogP contribution < -0.4 is 25.6 Å². The average Bonchev–Trinajstić information content (AvgIpc) is 3.03. The van der Waals surface area contributed by atoms with Crippen LogP contribution in [0.5, 0.6) is 5.75 Å². The number of ether oxygens (including phenoxy) is 1. The van der Waals surface area contributed by atoms with Crippen LogP contribution in [0.4, 0.5) is 31.9 Å². The number of alkyl halides is 2. The Bertz CT molecular complexity index is 1200. The summed E-state index contributed by atoms with van der Waals surface area (Å²) in [5.74, 6) is -4.67. The van der Waals surface area contributed by atoms with Gasteiger partial charge in [0.15, 0.2) is 5.82 Å². The van der Waals surface area contributed by atoms with E-state index in [2.05, 4.69) is 27.2 Å². The van der Waals surface area contributed by atoms with Crippen molar-refractivity contribution in [3.05, 3.63) is 30.0 Å². The van der Waals surface area contributed by atoms with Crippen LogP contribution in [0.15, 0.2) is 24.4 Å². The molecule has 1 saturated heterocycles. The number of nitrogens with zero attached hydrogens (tertiary/aromatic N) is 5. The van der Waals surface area contributed by atoms with Crippen molar-refractivity contribution in [1.82, 2.24) is 14.9 Å². The summed E-state index contributed by atoms with van der Waals surface area (Å²) in [6.45, 7) is 1.90. The van der Waals surface area contributed by atoms with Crippen LogP contribution in [-0.2, 0) is 4.79 Å². The molecule has 2 aliphatic heterocycles. The van der Waals surface area contributed by atoms with Gasteiger partial charge in [0, 0.05) is 18.7 Å². The number of aromatic nitrogens is 2. The van der Waals surface area contributed by atoms with Crippen LogP contribution in [0.25, 0.3) is 0 Å². The SMILES string of the molecule is CN1CCCCC1.COc1cc(C(N)=O)ccc1Nc1ncc2c(n1)N(C1CCCCC1)CC(F)(F)C(=O)N2C. The van der Waals surface area contributed by atoms with E-state index in [1.807, 2.05) is 0 Å². The minimum absolute atomic E-state index is 0.144. The van der Waals surface area contributed by atoms with Crippen LogP contribution in [0.3, 0.4) is 0 Å². The van der Waals surface area contributed by atoms with E-state index in [0.29, 0.717) is 11.4 Å². The molecule has 1 aromatic carbocycles. The maximum Gasteiger partial charge on any atom is 0.342 e. The molecule has 3 heterocycles. The first-order valence-electron chi connectivity index (χ1n) is 13.8. The molecule has 12 heteroatoms. The molecule has 40 heavy (non-hydrogen) atoms. The van der Waals surface area contributed by atoms with E-state index >= 15 is 0 Å². The van der Waals surface area contributed by atoms with Gasteiger partial charge in [-0.3, -0.25) is 9.59 Å². The first-order valence-corrected chi connectivity index (χ1v) is 13.8. The fraction of sp³-hybridized carbons (Fsp3) is 0.571. The van der Waals surface area contributed by atoms with Crippen molar-refractivity contribution in [2.45, 2.75) is 63.3 Å². The summed E-state index contributed by atoms with van der Waals surface area (Å²) in [7, 11) is 4.94. The number of primary amides is 1. The molecular formula is C28H39F2N7O3. The number of carbonyl (C=O) groups excluding carboxylic acids is 2. The molecule has 1 aliphatic carbocycles. The van der Waals surface area contributed by atoms with Crippen molar-refractivity contribution < 1.29 is 23.1 Å². The number of fused-ring (bicyclic) bond motifs is 1. The highest BCUT2D eigenvalue weighted by molar-refractivity contribution is 6.02. The maximum absolute atomic E-state index is 14.8. The highest BCUT2D eigenvalue weighted by atomic mass is 19.3. The second kappa shape index (κ2) is 12.8. The molecule has 0 radical (unpaired) electrons. The molecule has 218 valence electrons. The summed E-state index contributed by atoms with van der Waals surface area (Å²) in [6.07, 6.45) is 10.1. The van der Waals surface area contributed by atoms with E-state index in [1.165, 1.54) is 64.8 Å². The smallest absolute Gasteiger partial charge is 0.342 e. The summed E-state index contributed by atoms with van der Waals surface area (Å²) in [4.78, 5) is 37.5. The van der Waals surface area contributed by atoms with E-state index in [9.17, 15) is 18.4 Å². The predicted octanol–water partition coefficient (Wildman–Crippen LogP) is 4.18. The fourth-order valence-electron chi connectivity index (χ4n) is 5.40. The average molecular weight is 560 g/mol. The first kappa shape index (κ1) is 29.4. The van der Waals surface area contributed by atoms with Gasteiger partial charge in [0.2, 0.25) is 11.9 Å². The number of benzene rings is 1. The monoisotopic (exact) mass is 559 g/mol. The molecule has 0 spiro atoms. The topological polar surface area (TPSA) is 117 Å². The van der Waals surface area contributed by atoms with Gasteiger partial charge in [0.05, 0.1) is 25.5 Å². The molecule has 1 aromatic heterocycles. The molecule has 0 atom stereocenters. The Hall–Kier alpha value is -3.54. The summed E-state index contributed by atoms with van der Waals surface area (Å²) >= 11 is 0. The quantitative estimate of drug-likeness (QED) is 0.561. The number of methoxy groups -OCH3 is 1. The van der Waals surface area contributed by atoms with Crippen molar-refractivity contribution in [2.75, 3.05) is 56.0 Å². The molecule has 3 N–H and O–H groups in total. The number of hydrogen-bond acceptors (Lipinski definition) is 8. The number of carbonyl (C=O) groups is 2. The minimum atomic E-state index is -3.55. The largest absolute Gasteiger partial charge is 0.495 e. The number of amides is 2. The summed E-state index contributed by atoms with van der Waals surface area (Å²) in [6, 6.07) is 4.46. The summed E-state index contributed by atoms with van der Waals surface area (Å²) in [5.41, 5.74) is 6.29. The third kappa shape index (κ3) is 6.78. The third-order valence-corrected chi connectivity index (χ3v) is 7.70. The van der Waals surface area contributed by atoms with Gasteiger partial charge in [0.1, 0.15) is 11.4 Å². The molecule has 10 nitrogen and oxygen atoms in total. The number of rotatable bonds is 5. The molecule has 2 amide bonds. The van der Waals surface area contributed by atoms with Gasteiger partial charge in [-0.05, 0) is 64.0 Å². The van der Waals surface area contributed by atoms with Gasteiger partial charge >= 0.3 is 5.92 Å². The standard InChI is InChI=1S/C22H26F2N6O3.C6H13N/c1-29-16-11-26-21(27-15-9-8-13(18(25)31)10-17(15)33-2)28-19(16)30(12-22(23,24)20(29)32)14-6-4-3-5-7-14;1-7-5-3-2-4-6-7/h8-11,14H,3-7,12H2,1-2H3,(H2,25,31)(H,26,27,28);2-6H2,1H3. The number of hydrogen-bond donors (Lipinski definition) is 2. The number of anilines is 4.